The van der Waals surface area contributed by atoms with Gasteiger partial charge in [-0.1, -0.05) is 6.42 Å². The Morgan fingerprint density at radius 3 is 2.46 bits per heavy atom. The van der Waals surface area contributed by atoms with Gasteiger partial charge in [0.05, 0.1) is 12.2 Å². The molecule has 3 heterocycles. The predicted octanol–water partition coefficient (Wildman–Crippen LogP) is 2.77. The molecule has 4 heteroatoms. The summed E-state index contributed by atoms with van der Waals surface area (Å²) in [6.45, 7) is 3.95. The summed E-state index contributed by atoms with van der Waals surface area (Å²) >= 11 is 0. The van der Waals surface area contributed by atoms with Gasteiger partial charge in [-0.3, -0.25) is 4.90 Å². The fourth-order valence-electron chi connectivity index (χ4n) is 6.85. The van der Waals surface area contributed by atoms with E-state index >= 15 is 0 Å². The molecule has 0 aromatic carbocycles. The lowest BCUT2D eigenvalue weighted by molar-refractivity contribution is -0.113. The van der Waals surface area contributed by atoms with E-state index in [1.165, 1.54) is 71.0 Å². The minimum atomic E-state index is 0.291. The van der Waals surface area contributed by atoms with Crippen LogP contribution in [-0.2, 0) is 9.47 Å². The Hall–Kier alpha value is -0.160. The van der Waals surface area contributed by atoms with E-state index in [0.717, 1.165) is 18.0 Å². The van der Waals surface area contributed by atoms with Crippen LogP contribution in [0.3, 0.4) is 0 Å². The molecular weight excluding hydrogens is 300 g/mol. The summed E-state index contributed by atoms with van der Waals surface area (Å²) < 4.78 is 11.5. The van der Waals surface area contributed by atoms with Gasteiger partial charge in [-0.05, 0) is 83.0 Å². The zero-order valence-electron chi connectivity index (χ0n) is 15.9. The SMILES string of the molecule is COC1CCC([C@@]23CCN4CCCCC4[C@@H]2N(C)CC3)CC1OC. The molecule has 4 rings (SSSR count). The Bertz CT molecular complexity index is 445. The minimum absolute atomic E-state index is 0.291. The van der Waals surface area contributed by atoms with Crippen LogP contribution in [0, 0.1) is 11.3 Å². The zero-order chi connectivity index (χ0) is 16.7. The molecule has 1 saturated carbocycles. The van der Waals surface area contributed by atoms with Gasteiger partial charge in [0, 0.05) is 26.3 Å². The highest BCUT2D eigenvalue weighted by atomic mass is 16.5. The van der Waals surface area contributed by atoms with Gasteiger partial charge in [-0.2, -0.15) is 0 Å². The first kappa shape index (κ1) is 17.3. The molecule has 1 aliphatic carbocycles. The molecule has 4 fully saturated rings. The molecule has 0 aromatic rings. The maximum atomic E-state index is 5.85. The summed E-state index contributed by atoms with van der Waals surface area (Å²) in [5.74, 6) is 0.813. The van der Waals surface area contributed by atoms with Gasteiger partial charge in [-0.15, -0.1) is 0 Å². The topological polar surface area (TPSA) is 24.9 Å². The number of likely N-dealkylation sites (N-methyl/N-ethyl adjacent to an activating group) is 1. The monoisotopic (exact) mass is 336 g/mol. The largest absolute Gasteiger partial charge is 0.379 e. The quantitative estimate of drug-likeness (QED) is 0.791. The van der Waals surface area contributed by atoms with Crippen LogP contribution in [0.2, 0.25) is 0 Å². The molecule has 0 radical (unpaired) electrons. The van der Waals surface area contributed by atoms with Crippen molar-refractivity contribution in [1.82, 2.24) is 9.80 Å². The molecule has 3 saturated heterocycles. The molecule has 0 N–H and O–H groups in total. The lowest BCUT2D eigenvalue weighted by atomic mass is 9.58. The van der Waals surface area contributed by atoms with E-state index in [9.17, 15) is 0 Å². The molecule has 6 atom stereocenters. The van der Waals surface area contributed by atoms with Crippen molar-refractivity contribution in [2.45, 2.75) is 75.7 Å². The first-order chi connectivity index (χ1) is 11.7. The minimum Gasteiger partial charge on any atom is -0.379 e. The van der Waals surface area contributed by atoms with Crippen molar-refractivity contribution in [3.05, 3.63) is 0 Å². The normalized spacial score (nSPS) is 47.4. The van der Waals surface area contributed by atoms with Gasteiger partial charge in [0.25, 0.3) is 0 Å². The Morgan fingerprint density at radius 1 is 0.875 bits per heavy atom. The van der Waals surface area contributed by atoms with Crippen LogP contribution in [-0.4, -0.2) is 75.0 Å². The van der Waals surface area contributed by atoms with Crippen molar-refractivity contribution in [3.8, 4) is 0 Å². The molecule has 0 amide bonds. The first-order valence-electron chi connectivity index (χ1n) is 10.2. The lowest BCUT2D eigenvalue weighted by Crippen LogP contribution is -2.63. The molecule has 3 aliphatic heterocycles. The van der Waals surface area contributed by atoms with E-state index in [-0.39, 0.29) is 0 Å². The molecule has 4 nitrogen and oxygen atoms in total. The highest BCUT2D eigenvalue weighted by molar-refractivity contribution is 5.11. The average molecular weight is 337 g/mol. The molecule has 138 valence electrons. The number of nitrogens with zero attached hydrogens (tertiary/aromatic N) is 2. The average Bonchev–Trinajstić information content (AvgIpc) is 2.99. The summed E-state index contributed by atoms with van der Waals surface area (Å²) in [4.78, 5) is 5.54. The molecule has 0 spiro atoms. The molecular formula is C20H36N2O2. The molecule has 4 aliphatic rings. The summed E-state index contributed by atoms with van der Waals surface area (Å²) in [6.07, 6.45) is 11.3. The number of rotatable bonds is 3. The van der Waals surface area contributed by atoms with Crippen molar-refractivity contribution in [3.63, 3.8) is 0 Å². The standard InChI is InChI=1S/C20H36N2O2/c1-21-12-9-20(15-7-8-17(23-2)18(14-15)24-3)10-13-22-11-5-4-6-16(22)19(20)21/h15-19H,4-14H2,1-3H3/t15?,16?,17?,18?,19-,20+/m0/s1. The fourth-order valence-corrected chi connectivity index (χ4v) is 6.85. The third-order valence-electron chi connectivity index (χ3n) is 8.04. The van der Waals surface area contributed by atoms with Gasteiger partial charge in [0.1, 0.15) is 0 Å². The Kier molecular flexibility index (Phi) is 4.94. The number of methoxy groups -OCH3 is 2. The van der Waals surface area contributed by atoms with Gasteiger partial charge < -0.3 is 14.4 Å². The number of hydrogen-bond donors (Lipinski definition) is 0. The van der Waals surface area contributed by atoms with Crippen LogP contribution >= 0.6 is 0 Å². The van der Waals surface area contributed by atoms with Crippen molar-refractivity contribution in [1.29, 1.82) is 0 Å². The Morgan fingerprint density at radius 2 is 1.67 bits per heavy atom. The van der Waals surface area contributed by atoms with Crippen molar-refractivity contribution < 1.29 is 9.47 Å². The van der Waals surface area contributed by atoms with Crippen LogP contribution < -0.4 is 0 Å². The van der Waals surface area contributed by atoms with E-state index in [1.54, 1.807) is 0 Å². The van der Waals surface area contributed by atoms with Gasteiger partial charge in [0.2, 0.25) is 0 Å². The number of likely N-dealkylation sites (tertiary alicyclic amines) is 1. The predicted molar refractivity (Wildman–Crippen MR) is 96.2 cm³/mol. The smallest absolute Gasteiger partial charge is 0.0835 e. The summed E-state index contributed by atoms with van der Waals surface area (Å²) in [5, 5.41) is 0. The van der Waals surface area contributed by atoms with E-state index in [1.807, 2.05) is 14.2 Å². The Balaban J connectivity index is 1.58. The maximum absolute atomic E-state index is 5.85. The number of piperidine rings is 2. The van der Waals surface area contributed by atoms with E-state index in [4.69, 9.17) is 9.47 Å². The third-order valence-corrected chi connectivity index (χ3v) is 8.04. The summed E-state index contributed by atoms with van der Waals surface area (Å²) in [5.41, 5.74) is 0.531. The highest BCUT2D eigenvalue weighted by Gasteiger charge is 2.58. The Labute approximate surface area is 147 Å². The van der Waals surface area contributed by atoms with Crippen molar-refractivity contribution >= 4 is 0 Å². The lowest BCUT2D eigenvalue weighted by Gasteiger charge is -2.57. The molecule has 0 aromatic heterocycles. The second kappa shape index (κ2) is 6.86. The highest BCUT2D eigenvalue weighted by Crippen LogP contribution is 2.55. The van der Waals surface area contributed by atoms with Crippen molar-refractivity contribution in [2.24, 2.45) is 11.3 Å². The molecule has 24 heavy (non-hydrogen) atoms. The van der Waals surface area contributed by atoms with E-state index in [0.29, 0.717) is 17.6 Å². The van der Waals surface area contributed by atoms with Crippen LogP contribution in [0.15, 0.2) is 0 Å². The maximum Gasteiger partial charge on any atom is 0.0835 e. The van der Waals surface area contributed by atoms with Gasteiger partial charge in [-0.25, -0.2) is 0 Å². The third kappa shape index (κ3) is 2.65. The van der Waals surface area contributed by atoms with Crippen LogP contribution in [0.1, 0.15) is 51.4 Å². The van der Waals surface area contributed by atoms with Gasteiger partial charge in [0.15, 0.2) is 0 Å². The van der Waals surface area contributed by atoms with Crippen LogP contribution in [0.5, 0.6) is 0 Å². The summed E-state index contributed by atoms with van der Waals surface area (Å²) in [7, 11) is 6.11. The fraction of sp³-hybridized carbons (Fsp3) is 1.00. The zero-order valence-corrected chi connectivity index (χ0v) is 15.9. The summed E-state index contributed by atoms with van der Waals surface area (Å²) in [6, 6.07) is 1.58. The molecule has 4 unspecified atom stereocenters. The van der Waals surface area contributed by atoms with Crippen LogP contribution in [0.25, 0.3) is 0 Å². The second-order valence-corrected chi connectivity index (χ2v) is 8.82. The number of hydrogen-bond acceptors (Lipinski definition) is 4. The van der Waals surface area contributed by atoms with Crippen molar-refractivity contribution in [2.75, 3.05) is 40.9 Å². The number of ether oxygens (including phenoxy) is 2. The first-order valence-corrected chi connectivity index (χ1v) is 10.2. The van der Waals surface area contributed by atoms with E-state index < -0.39 is 0 Å². The second-order valence-electron chi connectivity index (χ2n) is 8.82. The molecule has 0 bridgehead atoms. The van der Waals surface area contributed by atoms with Crippen LogP contribution in [0.4, 0.5) is 0 Å². The number of fused-ring (bicyclic) bond motifs is 3. The van der Waals surface area contributed by atoms with E-state index in [2.05, 4.69) is 16.8 Å². The van der Waals surface area contributed by atoms with Gasteiger partial charge >= 0.3 is 0 Å².